The SMILES string of the molecule is CNCC(C)OCc1ncnn1C. The highest BCUT2D eigenvalue weighted by Crippen LogP contribution is 1.97. The summed E-state index contributed by atoms with van der Waals surface area (Å²) in [5, 5.41) is 6.99. The summed E-state index contributed by atoms with van der Waals surface area (Å²) in [6, 6.07) is 0. The highest BCUT2D eigenvalue weighted by atomic mass is 16.5. The van der Waals surface area contributed by atoms with Crippen molar-refractivity contribution in [2.45, 2.75) is 19.6 Å². The molecule has 1 atom stereocenters. The van der Waals surface area contributed by atoms with E-state index in [0.717, 1.165) is 12.4 Å². The molecule has 5 nitrogen and oxygen atoms in total. The van der Waals surface area contributed by atoms with Crippen molar-refractivity contribution < 1.29 is 4.74 Å². The molecule has 5 heteroatoms. The maximum Gasteiger partial charge on any atom is 0.152 e. The second-order valence-corrected chi connectivity index (χ2v) is 2.98. The highest BCUT2D eigenvalue weighted by molar-refractivity contribution is 4.79. The van der Waals surface area contributed by atoms with Crippen LogP contribution < -0.4 is 5.32 Å². The van der Waals surface area contributed by atoms with Gasteiger partial charge in [-0.1, -0.05) is 0 Å². The second kappa shape index (κ2) is 4.94. The normalized spacial score (nSPS) is 13.2. The van der Waals surface area contributed by atoms with Gasteiger partial charge >= 0.3 is 0 Å². The topological polar surface area (TPSA) is 52.0 Å². The first-order valence-electron chi connectivity index (χ1n) is 4.33. The van der Waals surface area contributed by atoms with Gasteiger partial charge in [-0.2, -0.15) is 5.10 Å². The lowest BCUT2D eigenvalue weighted by Gasteiger charge is -2.11. The summed E-state index contributed by atoms with van der Waals surface area (Å²) in [7, 11) is 3.76. The van der Waals surface area contributed by atoms with Crippen molar-refractivity contribution in [3.63, 3.8) is 0 Å². The molecular weight excluding hydrogens is 168 g/mol. The minimum atomic E-state index is 0.196. The molecular formula is C8H16N4O. The lowest BCUT2D eigenvalue weighted by atomic mass is 10.4. The fourth-order valence-corrected chi connectivity index (χ4v) is 1.01. The number of nitrogens with zero attached hydrogens (tertiary/aromatic N) is 3. The van der Waals surface area contributed by atoms with Gasteiger partial charge in [-0.15, -0.1) is 0 Å². The molecule has 0 saturated carbocycles. The summed E-state index contributed by atoms with van der Waals surface area (Å²) >= 11 is 0. The maximum absolute atomic E-state index is 5.52. The Morgan fingerprint density at radius 2 is 2.46 bits per heavy atom. The first-order valence-corrected chi connectivity index (χ1v) is 4.33. The molecule has 1 unspecified atom stereocenters. The van der Waals surface area contributed by atoms with E-state index in [1.54, 1.807) is 4.68 Å². The molecule has 0 radical (unpaired) electrons. The minimum absolute atomic E-state index is 0.196. The van der Waals surface area contributed by atoms with Crippen molar-refractivity contribution in [1.82, 2.24) is 20.1 Å². The molecule has 0 aliphatic heterocycles. The quantitative estimate of drug-likeness (QED) is 0.696. The van der Waals surface area contributed by atoms with Gasteiger partial charge in [-0.05, 0) is 14.0 Å². The number of hydrogen-bond donors (Lipinski definition) is 1. The fourth-order valence-electron chi connectivity index (χ4n) is 1.01. The van der Waals surface area contributed by atoms with Crippen LogP contribution in [-0.2, 0) is 18.4 Å². The van der Waals surface area contributed by atoms with Gasteiger partial charge in [-0.3, -0.25) is 4.68 Å². The van der Waals surface area contributed by atoms with E-state index < -0.39 is 0 Å². The average molecular weight is 184 g/mol. The van der Waals surface area contributed by atoms with Crippen molar-refractivity contribution in [3.05, 3.63) is 12.2 Å². The average Bonchev–Trinajstić information content (AvgIpc) is 2.48. The predicted octanol–water partition coefficient (Wildman–Crippen LogP) is -0.0604. The van der Waals surface area contributed by atoms with Gasteiger partial charge in [0.15, 0.2) is 5.82 Å². The van der Waals surface area contributed by atoms with Crippen LogP contribution in [0, 0.1) is 0 Å². The van der Waals surface area contributed by atoms with Crippen molar-refractivity contribution in [2.75, 3.05) is 13.6 Å². The van der Waals surface area contributed by atoms with Gasteiger partial charge in [0.25, 0.3) is 0 Å². The van der Waals surface area contributed by atoms with Gasteiger partial charge in [0.05, 0.1) is 6.10 Å². The van der Waals surface area contributed by atoms with Gasteiger partial charge < -0.3 is 10.1 Å². The smallest absolute Gasteiger partial charge is 0.152 e. The first-order chi connectivity index (χ1) is 6.24. The van der Waals surface area contributed by atoms with E-state index >= 15 is 0 Å². The van der Waals surface area contributed by atoms with Gasteiger partial charge in [0.1, 0.15) is 12.9 Å². The van der Waals surface area contributed by atoms with Crippen molar-refractivity contribution in [1.29, 1.82) is 0 Å². The van der Waals surface area contributed by atoms with Crippen LogP contribution in [0.1, 0.15) is 12.7 Å². The van der Waals surface area contributed by atoms with Crippen LogP contribution in [0.4, 0.5) is 0 Å². The van der Waals surface area contributed by atoms with E-state index in [9.17, 15) is 0 Å². The Labute approximate surface area is 78.1 Å². The zero-order chi connectivity index (χ0) is 9.68. The lowest BCUT2D eigenvalue weighted by Crippen LogP contribution is -2.23. The molecule has 74 valence electrons. The monoisotopic (exact) mass is 184 g/mol. The number of rotatable bonds is 5. The van der Waals surface area contributed by atoms with Crippen LogP contribution in [0.5, 0.6) is 0 Å². The van der Waals surface area contributed by atoms with Crippen molar-refractivity contribution in [3.8, 4) is 0 Å². The maximum atomic E-state index is 5.52. The molecule has 0 aliphatic rings. The molecule has 1 rings (SSSR count). The Balaban J connectivity index is 2.30. The van der Waals surface area contributed by atoms with Gasteiger partial charge in [0, 0.05) is 13.6 Å². The van der Waals surface area contributed by atoms with E-state index in [2.05, 4.69) is 15.4 Å². The molecule has 1 N–H and O–H groups in total. The van der Waals surface area contributed by atoms with Gasteiger partial charge in [0.2, 0.25) is 0 Å². The third-order valence-electron chi connectivity index (χ3n) is 1.79. The predicted molar refractivity (Wildman–Crippen MR) is 49.2 cm³/mol. The molecule has 0 aromatic carbocycles. The number of aromatic nitrogens is 3. The summed E-state index contributed by atoms with van der Waals surface area (Å²) in [5.74, 6) is 0.850. The van der Waals surface area contributed by atoms with E-state index in [1.807, 2.05) is 21.0 Å². The minimum Gasteiger partial charge on any atom is -0.369 e. The molecule has 0 aliphatic carbocycles. The number of hydrogen-bond acceptors (Lipinski definition) is 4. The Hall–Kier alpha value is -0.940. The zero-order valence-corrected chi connectivity index (χ0v) is 8.32. The summed E-state index contributed by atoms with van der Waals surface area (Å²) in [6.07, 6.45) is 1.73. The molecule has 1 heterocycles. The number of nitrogens with one attached hydrogen (secondary N) is 1. The molecule has 1 aromatic heterocycles. The lowest BCUT2D eigenvalue weighted by molar-refractivity contribution is 0.0487. The van der Waals surface area contributed by atoms with Crippen LogP contribution in [0.3, 0.4) is 0 Å². The molecule has 0 spiro atoms. The third-order valence-corrected chi connectivity index (χ3v) is 1.79. The Kier molecular flexibility index (Phi) is 3.85. The largest absolute Gasteiger partial charge is 0.369 e. The molecule has 0 bridgehead atoms. The highest BCUT2D eigenvalue weighted by Gasteiger charge is 2.04. The summed E-state index contributed by atoms with van der Waals surface area (Å²) in [4.78, 5) is 4.05. The van der Waals surface area contributed by atoms with E-state index in [0.29, 0.717) is 6.61 Å². The molecule has 13 heavy (non-hydrogen) atoms. The van der Waals surface area contributed by atoms with Crippen molar-refractivity contribution >= 4 is 0 Å². The van der Waals surface area contributed by atoms with Crippen molar-refractivity contribution in [2.24, 2.45) is 7.05 Å². The number of ether oxygens (including phenoxy) is 1. The van der Waals surface area contributed by atoms with Crippen LogP contribution >= 0.6 is 0 Å². The summed E-state index contributed by atoms with van der Waals surface area (Å²) in [5.41, 5.74) is 0. The van der Waals surface area contributed by atoms with Crippen LogP contribution in [0.15, 0.2) is 6.33 Å². The van der Waals surface area contributed by atoms with E-state index in [4.69, 9.17) is 4.74 Å². The van der Waals surface area contributed by atoms with E-state index in [-0.39, 0.29) is 6.10 Å². The summed E-state index contributed by atoms with van der Waals surface area (Å²) < 4.78 is 7.24. The van der Waals surface area contributed by atoms with Crippen LogP contribution in [0.2, 0.25) is 0 Å². The Morgan fingerprint density at radius 1 is 1.69 bits per heavy atom. The molecule has 0 fully saturated rings. The van der Waals surface area contributed by atoms with Crippen LogP contribution in [0.25, 0.3) is 0 Å². The molecule has 0 saturated heterocycles. The first kappa shape index (κ1) is 10.1. The Bertz CT molecular complexity index is 248. The Morgan fingerprint density at radius 3 is 3.00 bits per heavy atom. The number of likely N-dealkylation sites (N-methyl/N-ethyl adjacent to an activating group) is 1. The third kappa shape index (κ3) is 3.12. The van der Waals surface area contributed by atoms with Crippen LogP contribution in [-0.4, -0.2) is 34.5 Å². The molecule has 0 amide bonds. The second-order valence-electron chi connectivity index (χ2n) is 2.98. The zero-order valence-electron chi connectivity index (χ0n) is 8.32. The standard InChI is InChI=1S/C8H16N4O/c1-7(4-9-2)13-5-8-10-6-11-12(8)3/h6-7,9H,4-5H2,1-3H3. The van der Waals surface area contributed by atoms with E-state index in [1.165, 1.54) is 6.33 Å². The number of aryl methyl sites for hydroxylation is 1. The fraction of sp³-hybridized carbons (Fsp3) is 0.750. The van der Waals surface area contributed by atoms with Gasteiger partial charge in [-0.25, -0.2) is 4.98 Å². The molecule has 1 aromatic rings. The summed E-state index contributed by atoms with van der Waals surface area (Å²) in [6.45, 7) is 3.38.